The fourth-order valence-electron chi connectivity index (χ4n) is 5.30. The monoisotopic (exact) mass is 521 g/mol. The summed E-state index contributed by atoms with van der Waals surface area (Å²) in [5.74, 6) is 0.528. The number of aromatic nitrogens is 2. The van der Waals surface area contributed by atoms with Crippen LogP contribution >= 0.6 is 15.9 Å². The van der Waals surface area contributed by atoms with Gasteiger partial charge in [-0.1, -0.05) is 71.2 Å². The molecule has 7 heteroatoms. The predicted molar refractivity (Wildman–Crippen MR) is 134 cm³/mol. The van der Waals surface area contributed by atoms with Crippen LogP contribution in [0.5, 0.6) is 5.75 Å². The molecule has 1 aromatic heterocycles. The lowest BCUT2D eigenvalue weighted by molar-refractivity contribution is 0.0734. The molecule has 1 aliphatic carbocycles. The number of hydrogen-bond donors (Lipinski definition) is 0. The Morgan fingerprint density at radius 1 is 1.03 bits per heavy atom. The summed E-state index contributed by atoms with van der Waals surface area (Å²) in [5, 5.41) is 0. The standard InChI is InChI=1S/C27H28BrN3O3/c1-30-14-15-31-22(17-27(12-5-6-13-27)20-10-7-11-21(28)16-20)29-25(32)24(23(31)26(30)33)34-18-19-8-3-2-4-9-19/h2-4,7-11,16H,5-6,12-15,17-18H2,1H3. The topological polar surface area (TPSA) is 64.4 Å². The van der Waals surface area contributed by atoms with Gasteiger partial charge in [0.15, 0.2) is 5.69 Å². The summed E-state index contributed by atoms with van der Waals surface area (Å²) in [5.41, 5.74) is 1.95. The first kappa shape index (κ1) is 22.8. The summed E-state index contributed by atoms with van der Waals surface area (Å²) in [6.45, 7) is 1.38. The predicted octanol–water partition coefficient (Wildman–Crippen LogP) is 4.72. The Morgan fingerprint density at radius 2 is 1.79 bits per heavy atom. The number of nitrogens with zero attached hydrogens (tertiary/aromatic N) is 3. The highest BCUT2D eigenvalue weighted by molar-refractivity contribution is 9.10. The molecule has 6 nitrogen and oxygen atoms in total. The van der Waals surface area contributed by atoms with Gasteiger partial charge in [-0.15, -0.1) is 0 Å². The average Bonchev–Trinajstić information content (AvgIpc) is 3.31. The van der Waals surface area contributed by atoms with E-state index in [2.05, 4.69) is 39.1 Å². The van der Waals surface area contributed by atoms with Gasteiger partial charge in [0.25, 0.3) is 5.91 Å². The van der Waals surface area contributed by atoms with Gasteiger partial charge in [-0.3, -0.25) is 9.59 Å². The van der Waals surface area contributed by atoms with Gasteiger partial charge in [0.05, 0.1) is 0 Å². The Hall–Kier alpha value is -2.93. The van der Waals surface area contributed by atoms with Gasteiger partial charge >= 0.3 is 5.56 Å². The Kier molecular flexibility index (Phi) is 6.30. The Labute approximate surface area is 207 Å². The van der Waals surface area contributed by atoms with Crippen molar-refractivity contribution in [2.75, 3.05) is 13.6 Å². The van der Waals surface area contributed by atoms with Gasteiger partial charge in [0.1, 0.15) is 12.4 Å². The lowest BCUT2D eigenvalue weighted by Gasteiger charge is -2.34. The van der Waals surface area contributed by atoms with Crippen LogP contribution in [-0.2, 0) is 25.0 Å². The molecule has 1 saturated carbocycles. The van der Waals surface area contributed by atoms with E-state index in [1.807, 2.05) is 41.0 Å². The summed E-state index contributed by atoms with van der Waals surface area (Å²) in [6, 6.07) is 18.1. The smallest absolute Gasteiger partial charge is 0.316 e. The third kappa shape index (κ3) is 4.29. The molecule has 0 unspecified atom stereocenters. The number of ether oxygens (including phenoxy) is 1. The van der Waals surface area contributed by atoms with Crippen molar-refractivity contribution in [2.24, 2.45) is 0 Å². The molecule has 0 radical (unpaired) electrons. The van der Waals surface area contributed by atoms with Gasteiger partial charge in [-0.05, 0) is 36.1 Å². The lowest BCUT2D eigenvalue weighted by atomic mass is 9.76. The van der Waals surface area contributed by atoms with E-state index in [1.54, 1.807) is 11.9 Å². The Balaban J connectivity index is 1.56. The van der Waals surface area contributed by atoms with E-state index in [0.29, 0.717) is 31.0 Å². The summed E-state index contributed by atoms with van der Waals surface area (Å²) >= 11 is 3.61. The minimum absolute atomic E-state index is 0.0482. The Morgan fingerprint density at radius 3 is 2.53 bits per heavy atom. The van der Waals surface area contributed by atoms with E-state index in [4.69, 9.17) is 4.74 Å². The first-order valence-electron chi connectivity index (χ1n) is 11.8. The number of amides is 1. The number of carbonyl (C=O) groups excluding carboxylic acids is 1. The summed E-state index contributed by atoms with van der Waals surface area (Å²) < 4.78 is 8.92. The van der Waals surface area contributed by atoms with Crippen LogP contribution in [0, 0.1) is 0 Å². The Bertz CT molecular complexity index is 1270. The molecule has 176 valence electrons. The molecule has 0 atom stereocenters. The van der Waals surface area contributed by atoms with Crippen molar-refractivity contribution in [1.29, 1.82) is 0 Å². The molecule has 2 aliphatic rings. The third-order valence-electron chi connectivity index (χ3n) is 7.15. The normalized spacial score (nSPS) is 17.0. The van der Waals surface area contributed by atoms with Crippen LogP contribution in [0.2, 0.25) is 0 Å². The second kappa shape index (κ2) is 9.37. The molecule has 1 amide bonds. The van der Waals surface area contributed by atoms with E-state index >= 15 is 0 Å². The van der Waals surface area contributed by atoms with Crippen molar-refractivity contribution >= 4 is 21.8 Å². The number of likely N-dealkylation sites (N-methyl/N-ethyl adjacent to an activating group) is 1. The molecule has 5 rings (SSSR count). The maximum atomic E-state index is 13.2. The molecular weight excluding hydrogens is 494 g/mol. The highest BCUT2D eigenvalue weighted by atomic mass is 79.9. The number of halogens is 1. The minimum atomic E-state index is -0.469. The fourth-order valence-corrected chi connectivity index (χ4v) is 5.70. The van der Waals surface area contributed by atoms with Crippen LogP contribution in [0.1, 0.15) is 53.1 Å². The second-order valence-corrected chi connectivity index (χ2v) is 10.3. The van der Waals surface area contributed by atoms with Gasteiger partial charge < -0.3 is 14.2 Å². The molecule has 0 saturated heterocycles. The number of carbonyl (C=O) groups is 1. The average molecular weight is 522 g/mol. The molecule has 1 fully saturated rings. The van der Waals surface area contributed by atoms with E-state index < -0.39 is 5.56 Å². The van der Waals surface area contributed by atoms with E-state index in [-0.39, 0.29) is 23.7 Å². The van der Waals surface area contributed by atoms with Crippen LogP contribution in [0.4, 0.5) is 0 Å². The highest BCUT2D eigenvalue weighted by Crippen LogP contribution is 2.44. The first-order chi connectivity index (χ1) is 16.5. The zero-order valence-corrected chi connectivity index (χ0v) is 20.9. The van der Waals surface area contributed by atoms with Crippen molar-refractivity contribution in [2.45, 2.75) is 50.7 Å². The van der Waals surface area contributed by atoms with E-state index in [9.17, 15) is 9.59 Å². The van der Waals surface area contributed by atoms with Crippen molar-refractivity contribution in [1.82, 2.24) is 14.5 Å². The molecule has 2 aromatic carbocycles. The number of hydrogen-bond acceptors (Lipinski definition) is 4. The molecule has 0 spiro atoms. The largest absolute Gasteiger partial charge is 0.481 e. The third-order valence-corrected chi connectivity index (χ3v) is 7.64. The molecular formula is C27H28BrN3O3. The van der Waals surface area contributed by atoms with Crippen LogP contribution in [0.3, 0.4) is 0 Å². The van der Waals surface area contributed by atoms with Crippen molar-refractivity contribution in [3.8, 4) is 5.75 Å². The van der Waals surface area contributed by atoms with Crippen LogP contribution in [0.15, 0.2) is 63.9 Å². The molecule has 1 aliphatic heterocycles. The summed E-state index contributed by atoms with van der Waals surface area (Å²) in [7, 11) is 1.76. The number of rotatable bonds is 6. The highest BCUT2D eigenvalue weighted by Gasteiger charge is 2.39. The summed E-state index contributed by atoms with van der Waals surface area (Å²) in [6.07, 6.45) is 4.98. The van der Waals surface area contributed by atoms with Gasteiger partial charge in [0, 0.05) is 36.4 Å². The maximum absolute atomic E-state index is 13.2. The van der Waals surface area contributed by atoms with Crippen molar-refractivity contribution in [3.05, 3.63) is 92.1 Å². The van der Waals surface area contributed by atoms with Crippen molar-refractivity contribution < 1.29 is 9.53 Å². The summed E-state index contributed by atoms with van der Waals surface area (Å²) in [4.78, 5) is 32.6. The van der Waals surface area contributed by atoms with Gasteiger partial charge in [-0.25, -0.2) is 0 Å². The zero-order valence-electron chi connectivity index (χ0n) is 19.3. The SMILES string of the molecule is CN1CCn2c(CC3(c4cccc(Br)c4)CCCC3)nc(=O)c(OCc3ccccc3)c2C1=O. The van der Waals surface area contributed by atoms with Gasteiger partial charge in [0.2, 0.25) is 5.75 Å². The molecule has 2 heterocycles. The first-order valence-corrected chi connectivity index (χ1v) is 12.6. The minimum Gasteiger partial charge on any atom is -0.481 e. The second-order valence-electron chi connectivity index (χ2n) is 9.34. The molecule has 34 heavy (non-hydrogen) atoms. The quantitative estimate of drug-likeness (QED) is 0.470. The molecule has 0 N–H and O–H groups in total. The fraction of sp³-hybridized carbons (Fsp3) is 0.370. The number of benzene rings is 2. The molecule has 3 aromatic rings. The van der Waals surface area contributed by atoms with Crippen molar-refractivity contribution in [3.63, 3.8) is 0 Å². The van der Waals surface area contributed by atoms with Crippen LogP contribution in [0.25, 0.3) is 0 Å². The van der Waals surface area contributed by atoms with Crippen LogP contribution < -0.4 is 10.3 Å². The molecule has 0 bridgehead atoms. The van der Waals surface area contributed by atoms with E-state index in [0.717, 1.165) is 35.7 Å². The van der Waals surface area contributed by atoms with Crippen LogP contribution in [-0.4, -0.2) is 34.0 Å². The van der Waals surface area contributed by atoms with E-state index in [1.165, 1.54) is 5.56 Å². The maximum Gasteiger partial charge on any atom is 0.316 e. The lowest BCUT2D eigenvalue weighted by Crippen LogP contribution is -2.42. The number of fused-ring (bicyclic) bond motifs is 1. The zero-order chi connectivity index (χ0) is 23.7. The van der Waals surface area contributed by atoms with Gasteiger partial charge in [-0.2, -0.15) is 4.98 Å².